The Morgan fingerprint density at radius 1 is 1.29 bits per heavy atom. The monoisotopic (exact) mass is 332 g/mol. The maximum atomic E-state index is 13.0. The maximum Gasteiger partial charge on any atom is 0.270 e. The fraction of sp³-hybridized carbons (Fsp3) is 0.667. The fourth-order valence-corrected chi connectivity index (χ4v) is 3.83. The number of piperidine rings is 2. The summed E-state index contributed by atoms with van der Waals surface area (Å²) < 4.78 is 2.14. The van der Waals surface area contributed by atoms with E-state index in [1.165, 1.54) is 0 Å². The van der Waals surface area contributed by atoms with Crippen LogP contribution in [0.25, 0.3) is 0 Å². The first-order valence-electron chi connectivity index (χ1n) is 9.15. The summed E-state index contributed by atoms with van der Waals surface area (Å²) in [5.41, 5.74) is 0.762. The molecule has 1 aromatic heterocycles. The van der Waals surface area contributed by atoms with Gasteiger partial charge in [0, 0.05) is 31.9 Å². The number of nitrogens with one attached hydrogen (secondary N) is 2. The van der Waals surface area contributed by atoms with Crippen LogP contribution < -0.4 is 10.6 Å². The third-order valence-electron chi connectivity index (χ3n) is 5.13. The van der Waals surface area contributed by atoms with Crippen molar-refractivity contribution in [1.29, 1.82) is 0 Å². The zero-order valence-corrected chi connectivity index (χ0v) is 14.5. The van der Waals surface area contributed by atoms with Gasteiger partial charge in [-0.25, -0.2) is 0 Å². The Labute approximate surface area is 143 Å². The molecule has 0 spiro atoms. The molecule has 0 saturated carbocycles. The predicted octanol–water partition coefficient (Wildman–Crippen LogP) is 1.40. The summed E-state index contributed by atoms with van der Waals surface area (Å²) in [5, 5.41) is 6.25. The van der Waals surface area contributed by atoms with Gasteiger partial charge in [0.25, 0.3) is 5.91 Å². The minimum Gasteiger partial charge on any atom is -0.356 e. The summed E-state index contributed by atoms with van der Waals surface area (Å²) in [4.78, 5) is 27.0. The zero-order valence-electron chi connectivity index (χ0n) is 14.5. The van der Waals surface area contributed by atoms with Gasteiger partial charge in [-0.05, 0) is 57.8 Å². The predicted molar refractivity (Wildman–Crippen MR) is 92.9 cm³/mol. The molecule has 3 heterocycles. The molecule has 2 amide bonds. The number of hydrogen-bond acceptors (Lipinski definition) is 3. The molecular weight excluding hydrogens is 304 g/mol. The second-order valence-electron chi connectivity index (χ2n) is 6.77. The molecule has 2 fully saturated rings. The van der Waals surface area contributed by atoms with E-state index in [9.17, 15) is 9.59 Å². The summed E-state index contributed by atoms with van der Waals surface area (Å²) in [6, 6.07) is 4.27. The number of nitrogens with zero attached hydrogens (tertiary/aromatic N) is 2. The molecule has 0 radical (unpaired) electrons. The summed E-state index contributed by atoms with van der Waals surface area (Å²) in [5.74, 6) is 0.0567. The molecule has 0 aliphatic carbocycles. The quantitative estimate of drug-likeness (QED) is 0.876. The van der Waals surface area contributed by atoms with Gasteiger partial charge in [0.15, 0.2) is 0 Å². The largest absolute Gasteiger partial charge is 0.356 e. The van der Waals surface area contributed by atoms with E-state index in [4.69, 9.17) is 0 Å². The lowest BCUT2D eigenvalue weighted by molar-refractivity contribution is -0.126. The lowest BCUT2D eigenvalue weighted by atomic mass is 9.97. The first kappa shape index (κ1) is 17.0. The Morgan fingerprint density at radius 3 is 2.83 bits per heavy atom. The molecule has 24 heavy (non-hydrogen) atoms. The molecule has 6 heteroatoms. The molecule has 0 bridgehead atoms. The Balaban J connectivity index is 1.70. The van der Waals surface area contributed by atoms with Crippen molar-refractivity contribution < 1.29 is 9.59 Å². The van der Waals surface area contributed by atoms with Crippen molar-refractivity contribution in [3.05, 3.63) is 24.0 Å². The highest BCUT2D eigenvalue weighted by atomic mass is 16.2. The highest BCUT2D eigenvalue weighted by molar-refractivity contribution is 5.93. The van der Waals surface area contributed by atoms with Gasteiger partial charge in [-0.3, -0.25) is 9.59 Å². The van der Waals surface area contributed by atoms with E-state index in [0.717, 1.165) is 51.0 Å². The van der Waals surface area contributed by atoms with Crippen LogP contribution in [0, 0.1) is 5.92 Å². The van der Waals surface area contributed by atoms with Crippen LogP contribution in [0.2, 0.25) is 0 Å². The number of amides is 2. The van der Waals surface area contributed by atoms with Crippen molar-refractivity contribution in [2.75, 3.05) is 32.7 Å². The molecule has 1 aromatic rings. The average molecular weight is 332 g/mol. The molecule has 2 aliphatic heterocycles. The molecule has 2 saturated heterocycles. The van der Waals surface area contributed by atoms with Gasteiger partial charge in [-0.1, -0.05) is 0 Å². The van der Waals surface area contributed by atoms with Crippen LogP contribution in [0.15, 0.2) is 18.3 Å². The normalized spacial score (nSPS) is 22.4. The molecule has 3 rings (SSSR count). The molecule has 2 N–H and O–H groups in total. The third kappa shape index (κ3) is 3.64. The van der Waals surface area contributed by atoms with Gasteiger partial charge in [-0.15, -0.1) is 0 Å². The topological polar surface area (TPSA) is 66.4 Å². The summed E-state index contributed by atoms with van der Waals surface area (Å²) in [6.45, 7) is 5.84. The van der Waals surface area contributed by atoms with Gasteiger partial charge in [0.2, 0.25) is 5.91 Å². The van der Waals surface area contributed by atoms with E-state index >= 15 is 0 Å². The Kier molecular flexibility index (Phi) is 5.56. The highest BCUT2D eigenvalue weighted by Crippen LogP contribution is 2.24. The van der Waals surface area contributed by atoms with Crippen LogP contribution in [-0.2, 0) is 4.79 Å². The second-order valence-corrected chi connectivity index (χ2v) is 6.77. The summed E-state index contributed by atoms with van der Waals surface area (Å²) in [7, 11) is 0. The van der Waals surface area contributed by atoms with Crippen LogP contribution in [0.5, 0.6) is 0 Å². The van der Waals surface area contributed by atoms with E-state index in [1.54, 1.807) is 0 Å². The first-order valence-corrected chi connectivity index (χ1v) is 9.15. The van der Waals surface area contributed by atoms with E-state index in [-0.39, 0.29) is 17.7 Å². The third-order valence-corrected chi connectivity index (χ3v) is 5.13. The minimum absolute atomic E-state index is 0.0625. The number of carbonyl (C=O) groups excluding carboxylic acids is 2. The van der Waals surface area contributed by atoms with Gasteiger partial charge < -0.3 is 20.1 Å². The molecule has 132 valence electrons. The lowest BCUT2D eigenvalue weighted by Crippen LogP contribution is -2.46. The number of rotatable bonds is 4. The maximum absolute atomic E-state index is 13.0. The Hall–Kier alpha value is -1.82. The number of hydrogen-bond donors (Lipinski definition) is 2. The van der Waals surface area contributed by atoms with Crippen LogP contribution in [0.1, 0.15) is 49.1 Å². The summed E-state index contributed by atoms with van der Waals surface area (Å²) >= 11 is 0. The van der Waals surface area contributed by atoms with Crippen LogP contribution >= 0.6 is 0 Å². The van der Waals surface area contributed by atoms with E-state index in [0.29, 0.717) is 19.1 Å². The SMILES string of the molecule is CCNC(=O)C1CCCN(C(=O)c2cccn2C2CCNCC2)C1. The van der Waals surface area contributed by atoms with Crippen LogP contribution in [0.4, 0.5) is 0 Å². The van der Waals surface area contributed by atoms with E-state index in [2.05, 4.69) is 15.2 Å². The second kappa shape index (κ2) is 7.83. The van der Waals surface area contributed by atoms with Gasteiger partial charge in [-0.2, -0.15) is 0 Å². The Morgan fingerprint density at radius 2 is 2.08 bits per heavy atom. The van der Waals surface area contributed by atoms with Crippen molar-refractivity contribution in [1.82, 2.24) is 20.1 Å². The van der Waals surface area contributed by atoms with Crippen molar-refractivity contribution in [3.8, 4) is 0 Å². The van der Waals surface area contributed by atoms with E-state index < -0.39 is 0 Å². The van der Waals surface area contributed by atoms with Gasteiger partial charge in [0.1, 0.15) is 5.69 Å². The molecule has 0 aromatic carbocycles. The highest BCUT2D eigenvalue weighted by Gasteiger charge is 2.30. The van der Waals surface area contributed by atoms with Gasteiger partial charge in [0.05, 0.1) is 5.92 Å². The van der Waals surface area contributed by atoms with Gasteiger partial charge >= 0.3 is 0 Å². The molecule has 6 nitrogen and oxygen atoms in total. The average Bonchev–Trinajstić information content (AvgIpc) is 3.12. The van der Waals surface area contributed by atoms with Crippen LogP contribution in [-0.4, -0.2) is 54.0 Å². The van der Waals surface area contributed by atoms with Crippen molar-refractivity contribution >= 4 is 11.8 Å². The van der Waals surface area contributed by atoms with Crippen molar-refractivity contribution in [2.45, 2.75) is 38.6 Å². The zero-order chi connectivity index (χ0) is 16.9. The molecule has 2 aliphatic rings. The molecular formula is C18H28N4O2. The standard InChI is InChI=1S/C18H28N4O2/c1-2-20-17(23)14-5-3-11-21(13-14)18(24)16-6-4-12-22(16)15-7-9-19-10-8-15/h4,6,12,14-15,19H,2-3,5,7-11,13H2,1H3,(H,20,23). The van der Waals surface area contributed by atoms with Crippen molar-refractivity contribution in [2.24, 2.45) is 5.92 Å². The number of likely N-dealkylation sites (tertiary alicyclic amines) is 1. The van der Waals surface area contributed by atoms with Crippen LogP contribution in [0.3, 0.4) is 0 Å². The smallest absolute Gasteiger partial charge is 0.270 e. The van der Waals surface area contributed by atoms with Crippen molar-refractivity contribution in [3.63, 3.8) is 0 Å². The summed E-state index contributed by atoms with van der Waals surface area (Å²) in [6.07, 6.45) is 5.88. The fourth-order valence-electron chi connectivity index (χ4n) is 3.83. The number of carbonyl (C=O) groups is 2. The molecule has 1 unspecified atom stereocenters. The van der Waals surface area contributed by atoms with E-state index in [1.807, 2.05) is 30.2 Å². The first-order chi connectivity index (χ1) is 11.7. The Bertz CT molecular complexity index is 577. The molecule has 1 atom stereocenters. The number of aromatic nitrogens is 1. The minimum atomic E-state index is -0.0788. The lowest BCUT2D eigenvalue weighted by Gasteiger charge is -2.33.